The van der Waals surface area contributed by atoms with E-state index < -0.39 is 14.8 Å². The summed E-state index contributed by atoms with van der Waals surface area (Å²) in [6, 6.07) is 0. The van der Waals surface area contributed by atoms with Crippen LogP contribution >= 0.6 is 0 Å². The van der Waals surface area contributed by atoms with Crippen LogP contribution in [0.25, 0.3) is 0 Å². The summed E-state index contributed by atoms with van der Waals surface area (Å²) >= 11 is 0. The molecule has 0 aliphatic rings. The fourth-order valence-electron chi connectivity index (χ4n) is 0.548. The maximum absolute atomic E-state index is 8.80. The first-order valence-electron chi connectivity index (χ1n) is 3.21. The monoisotopic (exact) mass is 130 g/mol. The molecule has 0 saturated heterocycles. The molecule has 3 nitrogen and oxygen atoms in total. The van der Waals surface area contributed by atoms with Crippen molar-refractivity contribution in [2.45, 2.75) is 26.1 Å². The van der Waals surface area contributed by atoms with Gasteiger partial charge >= 0.3 is 14.8 Å². The molecule has 0 bridgehead atoms. The highest BCUT2D eigenvalue weighted by atomic mass is 16.5. The van der Waals surface area contributed by atoms with Gasteiger partial charge in [0.1, 0.15) is 0 Å². The predicted octanol–water partition coefficient (Wildman–Crippen LogP) is -0.458. The Balaban J connectivity index is 2.95. The zero-order valence-electron chi connectivity index (χ0n) is 5.71. The molecule has 0 spiro atoms. The van der Waals surface area contributed by atoms with E-state index in [-0.39, 0.29) is 0 Å². The summed E-state index contributed by atoms with van der Waals surface area (Å²) in [6.07, 6.45) is 2.57. The Morgan fingerprint density at radius 2 is 2.33 bits per heavy atom. The fraction of sp³-hybridized carbons (Fsp3) is 1.00. The van der Waals surface area contributed by atoms with Gasteiger partial charge in [-0.05, 0) is 6.32 Å². The van der Waals surface area contributed by atoms with Crippen molar-refractivity contribution in [3.8, 4) is 0 Å². The van der Waals surface area contributed by atoms with Crippen LogP contribution in [0, 0.1) is 0 Å². The second kappa shape index (κ2) is 6.13. The molecule has 0 aromatic carbocycles. The number of hydrogen-bond donors (Lipinski definition) is 2. The first-order chi connectivity index (χ1) is 4.31. The Bertz CT molecular complexity index is 61.8. The maximum Gasteiger partial charge on any atom is 0.440 e. The van der Waals surface area contributed by atoms with Crippen molar-refractivity contribution in [1.29, 1.82) is 0 Å². The lowest BCUT2D eigenvalue weighted by molar-refractivity contribution is 0.377. The maximum atomic E-state index is 8.80. The molecule has 0 aliphatic carbocycles. The van der Waals surface area contributed by atoms with Crippen molar-refractivity contribution < 1.29 is 14.6 Å². The van der Waals surface area contributed by atoms with E-state index in [1.165, 1.54) is 0 Å². The summed E-state index contributed by atoms with van der Waals surface area (Å²) in [7, 11) is -1.18. The normalized spacial score (nSPS) is 9.22. The summed E-state index contributed by atoms with van der Waals surface area (Å²) in [5.74, 6) is 0. The van der Waals surface area contributed by atoms with E-state index in [0.717, 1.165) is 12.8 Å². The zero-order valence-corrected chi connectivity index (χ0v) is 5.71. The van der Waals surface area contributed by atoms with E-state index in [2.05, 4.69) is 4.57 Å². The minimum Gasteiger partial charge on any atom is -0.454 e. The first kappa shape index (κ1) is 9.01. The van der Waals surface area contributed by atoms with Gasteiger partial charge in [0, 0.05) is 0 Å². The Morgan fingerprint density at radius 1 is 1.67 bits per heavy atom. The third-order valence-electron chi connectivity index (χ3n) is 1.07. The Hall–Kier alpha value is 0.00987. The lowest BCUT2D eigenvalue weighted by Crippen LogP contribution is -2.19. The number of hydrogen-bond acceptors (Lipinski definition) is 3. The Kier molecular flexibility index (Phi) is 6.14. The highest BCUT2D eigenvalue weighted by Gasteiger charge is 2.09. The van der Waals surface area contributed by atoms with E-state index in [1.54, 1.807) is 0 Å². The number of rotatable bonds is 5. The molecule has 0 aliphatic heterocycles. The van der Waals surface area contributed by atoms with Gasteiger partial charge in [-0.15, -0.1) is 0 Å². The molecule has 0 unspecified atom stereocenters. The van der Waals surface area contributed by atoms with E-state index in [0.29, 0.717) is 6.32 Å². The van der Waals surface area contributed by atoms with Gasteiger partial charge in [0.2, 0.25) is 0 Å². The molecule has 0 rings (SSSR count). The third kappa shape index (κ3) is 5.89. The van der Waals surface area contributed by atoms with Crippen LogP contribution in [0.15, 0.2) is 0 Å². The molecule has 2 N–H and O–H groups in total. The smallest absolute Gasteiger partial charge is 0.440 e. The number of unbranched alkanes of at least 4 members (excludes halogenated alkanes) is 1. The van der Waals surface area contributed by atoms with Gasteiger partial charge in [-0.25, -0.2) is 0 Å². The predicted molar refractivity (Wildman–Crippen MR) is 38.1 cm³/mol. The van der Waals surface area contributed by atoms with E-state index in [4.69, 9.17) is 10.0 Å². The van der Waals surface area contributed by atoms with Crippen LogP contribution in [0.1, 0.15) is 19.8 Å². The molecule has 0 aromatic heterocycles. The van der Waals surface area contributed by atoms with Crippen molar-refractivity contribution in [2.24, 2.45) is 0 Å². The third-order valence-corrected chi connectivity index (χ3v) is 1.07. The van der Waals surface area contributed by atoms with Crippen molar-refractivity contribution in [3.63, 3.8) is 0 Å². The molecule has 0 fully saturated rings. The molecular weight excluding hydrogens is 118 g/mol. The van der Waals surface area contributed by atoms with Gasteiger partial charge in [0.05, 0.1) is 0 Å². The van der Waals surface area contributed by atoms with E-state index >= 15 is 0 Å². The quantitative estimate of drug-likeness (QED) is 0.495. The van der Waals surface area contributed by atoms with Gasteiger partial charge in [0.15, 0.2) is 0 Å². The summed E-state index contributed by atoms with van der Waals surface area (Å²) in [5.41, 5.74) is 0. The summed E-state index contributed by atoms with van der Waals surface area (Å²) < 4.78 is 4.46. The molecule has 0 amide bonds. The molecular formula is C4H12B2O3. The zero-order chi connectivity index (χ0) is 7.11. The summed E-state index contributed by atoms with van der Waals surface area (Å²) in [5, 5.41) is 17.0. The highest BCUT2D eigenvalue weighted by Crippen LogP contribution is 1.98. The molecule has 0 radical (unpaired) electrons. The van der Waals surface area contributed by atoms with Crippen LogP contribution in [0.5, 0.6) is 0 Å². The van der Waals surface area contributed by atoms with Gasteiger partial charge < -0.3 is 14.6 Å². The van der Waals surface area contributed by atoms with Crippen LogP contribution in [0.3, 0.4) is 0 Å². The fourth-order valence-corrected chi connectivity index (χ4v) is 0.548. The van der Waals surface area contributed by atoms with Gasteiger partial charge in [-0.3, -0.25) is 0 Å². The Morgan fingerprint density at radius 3 is 2.78 bits per heavy atom. The minimum absolute atomic E-state index is 0.398. The second-order valence-corrected chi connectivity index (χ2v) is 1.89. The SMILES string of the molecule is CCCCB(O)OBO. The molecule has 0 atom stereocenters. The minimum atomic E-state index is -0.782. The lowest BCUT2D eigenvalue weighted by atomic mass is 9.82. The van der Waals surface area contributed by atoms with Crippen LogP contribution in [-0.4, -0.2) is 24.9 Å². The van der Waals surface area contributed by atoms with Crippen LogP contribution in [0.4, 0.5) is 0 Å². The lowest BCUT2D eigenvalue weighted by Gasteiger charge is -2.01. The molecule has 0 aromatic rings. The standard InChI is InChI=1S/C4H12B2O3/c1-2-3-4-6(8)9-5-7/h5,7-8H,2-4H2,1H3. The summed E-state index contributed by atoms with van der Waals surface area (Å²) in [6.45, 7) is 2.03. The molecule has 0 saturated carbocycles. The topological polar surface area (TPSA) is 49.7 Å². The van der Waals surface area contributed by atoms with Crippen molar-refractivity contribution >= 4 is 14.8 Å². The largest absolute Gasteiger partial charge is 0.454 e. The van der Waals surface area contributed by atoms with E-state index in [1.807, 2.05) is 6.92 Å². The molecule has 0 heterocycles. The van der Waals surface area contributed by atoms with Gasteiger partial charge in [-0.1, -0.05) is 19.8 Å². The van der Waals surface area contributed by atoms with Crippen molar-refractivity contribution in [3.05, 3.63) is 0 Å². The van der Waals surface area contributed by atoms with Crippen molar-refractivity contribution in [2.75, 3.05) is 0 Å². The highest BCUT2D eigenvalue weighted by molar-refractivity contribution is 6.49. The molecule has 52 valence electrons. The Labute approximate surface area is 56.5 Å². The van der Waals surface area contributed by atoms with Crippen molar-refractivity contribution in [1.82, 2.24) is 0 Å². The average molecular weight is 130 g/mol. The van der Waals surface area contributed by atoms with E-state index in [9.17, 15) is 0 Å². The van der Waals surface area contributed by atoms with Crippen LogP contribution < -0.4 is 0 Å². The van der Waals surface area contributed by atoms with Crippen LogP contribution in [0.2, 0.25) is 6.32 Å². The first-order valence-corrected chi connectivity index (χ1v) is 3.21. The average Bonchev–Trinajstić information content (AvgIpc) is 1.85. The van der Waals surface area contributed by atoms with Gasteiger partial charge in [-0.2, -0.15) is 0 Å². The molecule has 9 heavy (non-hydrogen) atoms. The van der Waals surface area contributed by atoms with Crippen LogP contribution in [-0.2, 0) is 4.57 Å². The summed E-state index contributed by atoms with van der Waals surface area (Å²) in [4.78, 5) is 0. The second-order valence-electron chi connectivity index (χ2n) is 1.89. The molecule has 5 heteroatoms. The van der Waals surface area contributed by atoms with Gasteiger partial charge in [0.25, 0.3) is 0 Å².